The summed E-state index contributed by atoms with van der Waals surface area (Å²) >= 11 is 6.16. The molecule has 4 N–H and O–H groups in total. The van der Waals surface area contributed by atoms with E-state index in [1.54, 1.807) is 54.9 Å². The van der Waals surface area contributed by atoms with Gasteiger partial charge in [0.05, 0.1) is 24.9 Å². The first-order chi connectivity index (χ1) is 27.4. The molecule has 57 heavy (non-hydrogen) atoms. The van der Waals surface area contributed by atoms with Gasteiger partial charge < -0.3 is 34.4 Å². The van der Waals surface area contributed by atoms with Crippen molar-refractivity contribution < 1.29 is 46.5 Å². The summed E-state index contributed by atoms with van der Waals surface area (Å²) < 4.78 is 56.7. The van der Waals surface area contributed by atoms with Gasteiger partial charge in [0, 0.05) is 78.7 Å². The Kier molecular flexibility index (Phi) is 12.5. The van der Waals surface area contributed by atoms with Gasteiger partial charge in [-0.25, -0.2) is 0 Å². The summed E-state index contributed by atoms with van der Waals surface area (Å²) in [6.45, 7) is 0.156. The smallest absolute Gasteiger partial charge is 0.405 e. The summed E-state index contributed by atoms with van der Waals surface area (Å²) in [4.78, 5) is 35.0. The van der Waals surface area contributed by atoms with Gasteiger partial charge in [-0.15, -0.1) is 0 Å². The first-order valence-corrected chi connectivity index (χ1v) is 19.1. The fourth-order valence-electron chi connectivity index (χ4n) is 7.53. The van der Waals surface area contributed by atoms with Gasteiger partial charge in [-0.1, -0.05) is 41.9 Å². The monoisotopic (exact) mass is 809 g/mol. The van der Waals surface area contributed by atoms with Crippen molar-refractivity contribution in [1.29, 1.82) is 0 Å². The highest BCUT2D eigenvalue weighted by Crippen LogP contribution is 2.33. The van der Waals surface area contributed by atoms with Crippen molar-refractivity contribution >= 4 is 34.4 Å². The lowest BCUT2D eigenvalue weighted by molar-refractivity contribution is -0.139. The minimum Gasteiger partial charge on any atom is -0.490 e. The molecule has 2 aliphatic heterocycles. The van der Waals surface area contributed by atoms with Gasteiger partial charge in [0.25, 0.3) is 0 Å². The van der Waals surface area contributed by atoms with Crippen LogP contribution < -0.4 is 15.4 Å². The minimum atomic E-state index is -4.57. The number of aliphatic hydroxyl groups is 2. The molecule has 3 aromatic heterocycles. The molecule has 12 nitrogen and oxygen atoms in total. The number of amides is 2. The van der Waals surface area contributed by atoms with E-state index in [1.165, 1.54) is 0 Å². The number of fused-ring (bicyclic) bond motifs is 2. The number of nitrogens with one attached hydrogen (secondary N) is 2. The van der Waals surface area contributed by atoms with Crippen LogP contribution in [0.15, 0.2) is 94.0 Å². The third kappa shape index (κ3) is 10.5. The zero-order chi connectivity index (χ0) is 40.1. The molecule has 2 amide bonds. The van der Waals surface area contributed by atoms with E-state index in [0.29, 0.717) is 65.4 Å². The van der Waals surface area contributed by atoms with Crippen molar-refractivity contribution in [2.45, 2.75) is 56.3 Å². The number of ether oxygens (including phenoxy) is 1. The number of nitrogens with zero attached hydrogens (tertiary/aromatic N) is 3. The highest BCUT2D eigenvalue weighted by Gasteiger charge is 2.36. The number of benzene rings is 2. The summed E-state index contributed by atoms with van der Waals surface area (Å²) in [6.07, 6.45) is -3.61. The number of aromatic nitrogens is 1. The van der Waals surface area contributed by atoms with Crippen molar-refractivity contribution in [3.05, 3.63) is 107 Å². The van der Waals surface area contributed by atoms with Gasteiger partial charge in [0.1, 0.15) is 42.3 Å². The summed E-state index contributed by atoms with van der Waals surface area (Å²) in [5, 5.41) is 28.8. The van der Waals surface area contributed by atoms with Crippen molar-refractivity contribution in [2.75, 3.05) is 39.3 Å². The number of alkyl halides is 3. The number of hydrogen-bond donors (Lipinski definition) is 4. The van der Waals surface area contributed by atoms with Gasteiger partial charge in [0.15, 0.2) is 5.58 Å². The maximum Gasteiger partial charge on any atom is 0.405 e. The molecule has 5 heterocycles. The lowest BCUT2D eigenvalue weighted by atomic mass is 9.92. The predicted molar refractivity (Wildman–Crippen MR) is 204 cm³/mol. The number of aliphatic hydroxyl groups excluding tert-OH is 2. The van der Waals surface area contributed by atoms with E-state index in [2.05, 4.69) is 15.2 Å². The zero-order valence-corrected chi connectivity index (χ0v) is 31.6. The molecule has 0 radical (unpaired) electrons. The van der Waals surface area contributed by atoms with Crippen molar-refractivity contribution in [2.24, 2.45) is 5.92 Å². The summed E-state index contributed by atoms with van der Waals surface area (Å²) in [5.41, 5.74) is 1.98. The number of pyridine rings is 1. The van der Waals surface area contributed by atoms with Crippen LogP contribution in [0.1, 0.15) is 36.0 Å². The fraction of sp³-hybridized carbons (Fsp3) is 0.390. The predicted octanol–water partition coefficient (Wildman–Crippen LogP) is 5.52. The van der Waals surface area contributed by atoms with Crippen molar-refractivity contribution in [3.63, 3.8) is 0 Å². The Hall–Kier alpha value is -4.93. The van der Waals surface area contributed by atoms with Crippen LogP contribution in [0, 0.1) is 5.92 Å². The lowest BCUT2D eigenvalue weighted by Gasteiger charge is -2.42. The molecule has 16 heteroatoms. The van der Waals surface area contributed by atoms with Crippen LogP contribution >= 0.6 is 11.6 Å². The van der Waals surface area contributed by atoms with Crippen LogP contribution in [-0.2, 0) is 22.6 Å². The Balaban J connectivity index is 1.06. The van der Waals surface area contributed by atoms with Gasteiger partial charge in [0.2, 0.25) is 11.8 Å². The van der Waals surface area contributed by atoms with E-state index in [4.69, 9.17) is 25.2 Å². The molecule has 0 bridgehead atoms. The highest BCUT2D eigenvalue weighted by molar-refractivity contribution is 6.30. The molecule has 0 spiro atoms. The molecule has 0 aliphatic carbocycles. The second-order valence-electron chi connectivity index (χ2n) is 14.6. The van der Waals surface area contributed by atoms with Crippen molar-refractivity contribution in [1.82, 2.24) is 25.4 Å². The number of hydrogen-bond acceptors (Lipinski definition) is 10. The SMILES string of the molecule is O=C(C[C@@H]1CN(Cc2ccc(-c3cccc(Cl)c3)o2)CCN1C[C@@H](O)C[C@@H](Cc1cc2ccncc2o1)C(=O)N[C@H]1c2ccccc2OC[C@H]1O)NCC(F)(F)F. The van der Waals surface area contributed by atoms with Gasteiger partial charge >= 0.3 is 6.18 Å². The molecule has 2 aliphatic rings. The number of halogens is 4. The molecule has 1 saturated heterocycles. The molecule has 1 fully saturated rings. The zero-order valence-electron chi connectivity index (χ0n) is 30.8. The van der Waals surface area contributed by atoms with E-state index in [1.807, 2.05) is 40.5 Å². The number of furan rings is 2. The number of piperazine rings is 1. The molecular formula is C41H43ClF3N5O7. The first-order valence-electron chi connectivity index (χ1n) is 18.7. The van der Waals surface area contributed by atoms with E-state index < -0.39 is 54.7 Å². The average Bonchev–Trinajstić information content (AvgIpc) is 3.82. The maximum absolute atomic E-state index is 14.1. The first kappa shape index (κ1) is 40.3. The third-order valence-electron chi connectivity index (χ3n) is 10.3. The summed E-state index contributed by atoms with van der Waals surface area (Å²) in [5.74, 6) is 0.328. The van der Waals surface area contributed by atoms with Crippen LogP contribution in [-0.4, -0.2) is 101 Å². The van der Waals surface area contributed by atoms with E-state index in [9.17, 15) is 33.0 Å². The topological polar surface area (TPSA) is 154 Å². The number of carbonyl (C=O) groups is 2. The Morgan fingerprint density at radius 3 is 2.67 bits per heavy atom. The Morgan fingerprint density at radius 1 is 1.02 bits per heavy atom. The average molecular weight is 810 g/mol. The Morgan fingerprint density at radius 2 is 1.86 bits per heavy atom. The van der Waals surface area contributed by atoms with Gasteiger partial charge in [-0.05, 0) is 48.9 Å². The molecule has 0 unspecified atom stereocenters. The number of β-amino-alcohol motifs (C(OH)–C–C–N with tert-alkyl or cyclic N) is 1. The summed E-state index contributed by atoms with van der Waals surface area (Å²) in [6, 6.07) is 20.3. The largest absolute Gasteiger partial charge is 0.490 e. The standard InChI is InChI=1S/C41H43ClF3N5O7/c42-28-5-3-4-25(14-28)35-9-8-31(56-35)22-49-12-13-50(29(20-49)18-38(53)47-24-41(43,44)45)21-30(51)15-27(17-32-16-26-10-11-46-19-37(26)57-32)40(54)48-39-33-6-1-2-7-36(33)55-23-34(39)52/h1-11,14,16,19,27,29-30,34,39,51-52H,12-13,15,17-18,20-24H2,(H,47,53)(H,48,54)/t27-,29+,30-,34+,39-/m0/s1. The number of para-hydroxylation sites is 1. The lowest BCUT2D eigenvalue weighted by Crippen LogP contribution is -2.56. The van der Waals surface area contributed by atoms with Crippen LogP contribution in [0.3, 0.4) is 0 Å². The summed E-state index contributed by atoms with van der Waals surface area (Å²) in [7, 11) is 0. The van der Waals surface area contributed by atoms with E-state index >= 15 is 0 Å². The molecule has 302 valence electrons. The normalized spacial score (nSPS) is 20.1. The fourth-order valence-corrected chi connectivity index (χ4v) is 7.72. The number of rotatable bonds is 14. The van der Waals surface area contributed by atoms with E-state index in [-0.39, 0.29) is 32.4 Å². The molecular weight excluding hydrogens is 767 g/mol. The molecule has 7 rings (SSSR count). The van der Waals surface area contributed by atoms with Crippen LogP contribution in [0.5, 0.6) is 5.75 Å². The van der Waals surface area contributed by atoms with Crippen LogP contribution in [0.4, 0.5) is 13.2 Å². The third-order valence-corrected chi connectivity index (χ3v) is 10.5. The minimum absolute atomic E-state index is 0.0152. The molecule has 0 saturated carbocycles. The van der Waals surface area contributed by atoms with Crippen LogP contribution in [0.25, 0.3) is 22.3 Å². The van der Waals surface area contributed by atoms with Gasteiger partial charge in [-0.3, -0.25) is 24.4 Å². The maximum atomic E-state index is 14.1. The Bertz CT molecular complexity index is 2130. The van der Waals surface area contributed by atoms with E-state index in [0.717, 1.165) is 10.9 Å². The van der Waals surface area contributed by atoms with Crippen LogP contribution in [0.2, 0.25) is 5.02 Å². The highest BCUT2D eigenvalue weighted by atomic mass is 35.5. The molecule has 2 aromatic carbocycles. The molecule has 5 atom stereocenters. The molecule has 5 aromatic rings. The quantitative estimate of drug-likeness (QED) is 0.113. The second kappa shape index (κ2) is 17.7. The number of carbonyl (C=O) groups excluding carboxylic acids is 2. The van der Waals surface area contributed by atoms with Gasteiger partial charge in [-0.2, -0.15) is 13.2 Å². The second-order valence-corrected chi connectivity index (χ2v) is 15.0. The Labute approximate surface area is 331 Å². The van der Waals surface area contributed by atoms with Crippen molar-refractivity contribution in [3.8, 4) is 17.1 Å².